The van der Waals surface area contributed by atoms with Gasteiger partial charge in [-0.2, -0.15) is 0 Å². The number of hydrogen-bond donors (Lipinski definition) is 2. The first-order valence-corrected chi connectivity index (χ1v) is 8.50. The Balaban J connectivity index is 0.00000576. The Labute approximate surface area is 168 Å². The molecule has 0 aromatic heterocycles. The summed E-state index contributed by atoms with van der Waals surface area (Å²) in [6.07, 6.45) is 1.97. The highest BCUT2D eigenvalue weighted by molar-refractivity contribution is 14.0. The topological polar surface area (TPSA) is 84.4 Å². The van der Waals surface area contributed by atoms with Crippen molar-refractivity contribution in [2.45, 2.75) is 12.8 Å². The summed E-state index contributed by atoms with van der Waals surface area (Å²) >= 11 is 0. The molecule has 148 valence electrons. The van der Waals surface area contributed by atoms with Gasteiger partial charge in [0.1, 0.15) is 6.54 Å². The highest BCUT2D eigenvalue weighted by Gasteiger charge is 2.15. The van der Waals surface area contributed by atoms with E-state index in [0.717, 1.165) is 39.2 Å². The molecule has 1 aliphatic heterocycles. The first-order chi connectivity index (χ1) is 11.6. The normalized spacial score (nSPS) is 17.1. The number of amides is 1. The highest BCUT2D eigenvalue weighted by Crippen LogP contribution is 2.12. The monoisotopic (exact) mass is 472 g/mol. The lowest BCUT2D eigenvalue weighted by Gasteiger charge is -2.14. The number of hydrogen-bond acceptors (Lipinski definition) is 5. The van der Waals surface area contributed by atoms with E-state index in [4.69, 9.17) is 14.2 Å². The first-order valence-electron chi connectivity index (χ1n) is 8.50. The van der Waals surface area contributed by atoms with Gasteiger partial charge < -0.3 is 29.7 Å². The number of carbonyl (C=O) groups excluding carboxylic acids is 1. The molecule has 2 N–H and O–H groups in total. The van der Waals surface area contributed by atoms with Crippen LogP contribution in [-0.2, 0) is 19.0 Å². The number of methoxy groups -OCH3 is 1. The van der Waals surface area contributed by atoms with Crippen LogP contribution < -0.4 is 10.6 Å². The van der Waals surface area contributed by atoms with Crippen molar-refractivity contribution in [2.75, 3.05) is 73.9 Å². The molecule has 25 heavy (non-hydrogen) atoms. The molecule has 8 nitrogen and oxygen atoms in total. The summed E-state index contributed by atoms with van der Waals surface area (Å²) in [5.41, 5.74) is 0. The molecule has 0 aromatic carbocycles. The van der Waals surface area contributed by atoms with Crippen LogP contribution in [0.3, 0.4) is 0 Å². The largest absolute Gasteiger partial charge is 0.383 e. The lowest BCUT2D eigenvalue weighted by molar-refractivity contribution is -0.127. The van der Waals surface area contributed by atoms with E-state index in [1.54, 1.807) is 21.2 Å². The maximum absolute atomic E-state index is 11.6. The molecule has 1 heterocycles. The summed E-state index contributed by atoms with van der Waals surface area (Å²) in [5.74, 6) is 1.12. The zero-order valence-corrected chi connectivity index (χ0v) is 17.9. The van der Waals surface area contributed by atoms with E-state index in [2.05, 4.69) is 15.6 Å². The van der Waals surface area contributed by atoms with Gasteiger partial charge in [0.25, 0.3) is 0 Å². The van der Waals surface area contributed by atoms with E-state index in [9.17, 15) is 4.79 Å². The van der Waals surface area contributed by atoms with Crippen molar-refractivity contribution in [3.05, 3.63) is 0 Å². The highest BCUT2D eigenvalue weighted by atomic mass is 127. The fourth-order valence-corrected chi connectivity index (χ4v) is 2.08. The molecule has 0 saturated carbocycles. The minimum Gasteiger partial charge on any atom is -0.383 e. The molecule has 0 aromatic rings. The van der Waals surface area contributed by atoms with Gasteiger partial charge in [-0.1, -0.05) is 0 Å². The summed E-state index contributed by atoms with van der Waals surface area (Å²) in [5, 5.41) is 6.35. The second-order valence-corrected chi connectivity index (χ2v) is 5.96. The minimum absolute atomic E-state index is 0. The van der Waals surface area contributed by atoms with Crippen LogP contribution in [0.25, 0.3) is 0 Å². The minimum atomic E-state index is -0.0371. The lowest BCUT2D eigenvalue weighted by Crippen LogP contribution is -2.40. The van der Waals surface area contributed by atoms with Crippen LogP contribution in [0.5, 0.6) is 0 Å². The van der Waals surface area contributed by atoms with E-state index >= 15 is 0 Å². The molecule has 9 heteroatoms. The number of rotatable bonds is 11. The Bertz CT molecular complexity index is 377. The molecular weight excluding hydrogens is 439 g/mol. The zero-order valence-electron chi connectivity index (χ0n) is 15.6. The number of carbonyl (C=O) groups is 1. The third-order valence-electron chi connectivity index (χ3n) is 3.61. The lowest BCUT2D eigenvalue weighted by atomic mass is 10.1. The molecule has 0 spiro atoms. The van der Waals surface area contributed by atoms with Crippen LogP contribution in [0.4, 0.5) is 0 Å². The molecule has 1 aliphatic rings. The number of likely N-dealkylation sites (N-methyl/N-ethyl adjacent to an activating group) is 1. The molecule has 1 fully saturated rings. The summed E-state index contributed by atoms with van der Waals surface area (Å²) < 4.78 is 16.0. The fourth-order valence-electron chi connectivity index (χ4n) is 2.08. The van der Waals surface area contributed by atoms with Crippen molar-refractivity contribution in [1.29, 1.82) is 0 Å². The third-order valence-corrected chi connectivity index (χ3v) is 3.61. The van der Waals surface area contributed by atoms with E-state index < -0.39 is 0 Å². The standard InChI is InChI=1S/C16H32N4O4.HI/c1-20(2)15(21)11-19-16(18-7-10-22-3)17-6-4-8-23-12-14-5-9-24-13-14;/h14H,4-13H2,1-3H3,(H2,17,18,19);1H. The fraction of sp³-hybridized carbons (Fsp3) is 0.875. The summed E-state index contributed by atoms with van der Waals surface area (Å²) in [4.78, 5) is 17.4. The van der Waals surface area contributed by atoms with Crippen molar-refractivity contribution in [2.24, 2.45) is 10.9 Å². The predicted octanol–water partition coefficient (Wildman–Crippen LogP) is 0.317. The molecule has 1 atom stereocenters. The van der Waals surface area contributed by atoms with Gasteiger partial charge in [0.05, 0.1) is 19.8 Å². The quantitative estimate of drug-likeness (QED) is 0.195. The number of guanidine groups is 1. The summed E-state index contributed by atoms with van der Waals surface area (Å²) in [6, 6.07) is 0. The maximum Gasteiger partial charge on any atom is 0.243 e. The van der Waals surface area contributed by atoms with Crippen molar-refractivity contribution >= 4 is 35.8 Å². The molecule has 1 unspecified atom stereocenters. The number of ether oxygens (including phenoxy) is 3. The molecule has 1 rings (SSSR count). The molecule has 0 bridgehead atoms. The Morgan fingerprint density at radius 2 is 2.04 bits per heavy atom. The van der Waals surface area contributed by atoms with Crippen LogP contribution in [0, 0.1) is 5.92 Å². The number of aliphatic imine (C=N–C) groups is 1. The van der Waals surface area contributed by atoms with Gasteiger partial charge in [0.2, 0.25) is 5.91 Å². The van der Waals surface area contributed by atoms with Gasteiger partial charge in [-0.15, -0.1) is 24.0 Å². The molecule has 1 amide bonds. The number of halogens is 1. The van der Waals surface area contributed by atoms with Crippen molar-refractivity contribution < 1.29 is 19.0 Å². The molecule has 0 aliphatic carbocycles. The predicted molar refractivity (Wildman–Crippen MR) is 109 cm³/mol. The number of nitrogens with zero attached hydrogens (tertiary/aromatic N) is 2. The Hall–Kier alpha value is -0.650. The molecule has 0 radical (unpaired) electrons. The molecule has 1 saturated heterocycles. The van der Waals surface area contributed by atoms with Crippen molar-refractivity contribution in [3.63, 3.8) is 0 Å². The van der Waals surface area contributed by atoms with Crippen LogP contribution in [0.2, 0.25) is 0 Å². The molecular formula is C16H33IN4O4. The smallest absolute Gasteiger partial charge is 0.243 e. The van der Waals surface area contributed by atoms with Crippen LogP contribution in [-0.4, -0.2) is 90.6 Å². The van der Waals surface area contributed by atoms with Gasteiger partial charge in [0, 0.05) is 53.4 Å². The second kappa shape index (κ2) is 15.6. The van der Waals surface area contributed by atoms with E-state index in [0.29, 0.717) is 31.6 Å². The zero-order chi connectivity index (χ0) is 17.6. The number of nitrogens with one attached hydrogen (secondary N) is 2. The van der Waals surface area contributed by atoms with Gasteiger partial charge in [-0.25, -0.2) is 4.99 Å². The first kappa shape index (κ1) is 24.4. The third kappa shape index (κ3) is 12.4. The summed E-state index contributed by atoms with van der Waals surface area (Å²) in [6.45, 7) is 5.21. The Morgan fingerprint density at radius 1 is 1.28 bits per heavy atom. The van der Waals surface area contributed by atoms with Gasteiger partial charge in [-0.05, 0) is 12.8 Å². The van der Waals surface area contributed by atoms with Crippen molar-refractivity contribution in [1.82, 2.24) is 15.5 Å². The Kier molecular flexibility index (Phi) is 15.2. The van der Waals surface area contributed by atoms with Gasteiger partial charge in [-0.3, -0.25) is 4.79 Å². The van der Waals surface area contributed by atoms with E-state index in [-0.39, 0.29) is 36.4 Å². The van der Waals surface area contributed by atoms with Gasteiger partial charge >= 0.3 is 0 Å². The van der Waals surface area contributed by atoms with E-state index in [1.165, 1.54) is 4.90 Å². The van der Waals surface area contributed by atoms with Crippen LogP contribution in [0.1, 0.15) is 12.8 Å². The van der Waals surface area contributed by atoms with Crippen LogP contribution >= 0.6 is 24.0 Å². The average molecular weight is 472 g/mol. The second-order valence-electron chi connectivity index (χ2n) is 5.96. The SMILES string of the molecule is COCCNC(=NCC(=O)N(C)C)NCCCOCC1CCOC1.I. The Morgan fingerprint density at radius 3 is 2.68 bits per heavy atom. The van der Waals surface area contributed by atoms with E-state index in [1.807, 2.05) is 0 Å². The van der Waals surface area contributed by atoms with Crippen molar-refractivity contribution in [3.8, 4) is 0 Å². The summed E-state index contributed by atoms with van der Waals surface area (Å²) in [7, 11) is 5.08. The van der Waals surface area contributed by atoms with Gasteiger partial charge in [0.15, 0.2) is 5.96 Å². The van der Waals surface area contributed by atoms with Crippen LogP contribution in [0.15, 0.2) is 4.99 Å². The maximum atomic E-state index is 11.6. The average Bonchev–Trinajstić information content (AvgIpc) is 3.08.